The van der Waals surface area contributed by atoms with E-state index < -0.39 is 0 Å². The van der Waals surface area contributed by atoms with Gasteiger partial charge in [-0.1, -0.05) is 0 Å². The molecule has 2 aromatic carbocycles. The van der Waals surface area contributed by atoms with Crippen molar-refractivity contribution in [1.29, 1.82) is 0 Å². The van der Waals surface area contributed by atoms with Gasteiger partial charge in [-0.2, -0.15) is 5.10 Å². The first-order valence-electron chi connectivity index (χ1n) is 7.08. The number of amides is 1. The minimum Gasteiger partial charge on any atom is -0.497 e. The van der Waals surface area contributed by atoms with Crippen molar-refractivity contribution in [1.82, 2.24) is 5.43 Å². The molecule has 0 heterocycles. The van der Waals surface area contributed by atoms with Crippen molar-refractivity contribution >= 4 is 57.3 Å². The Hall–Kier alpha value is -1.56. The summed E-state index contributed by atoms with van der Waals surface area (Å²) >= 11 is 4.41. The monoisotopic (exact) mass is 566 g/mol. The minimum absolute atomic E-state index is 0.368. The van der Waals surface area contributed by atoms with Gasteiger partial charge in [-0.05, 0) is 69.4 Å². The van der Waals surface area contributed by atoms with Gasteiger partial charge < -0.3 is 14.2 Å². The SMILES string of the molecule is COc1cc(OC)cc(C(=O)N/N=C\c2cc(I)cc(I)c2OC)c1. The predicted molar refractivity (Wildman–Crippen MR) is 113 cm³/mol. The second-order valence-electron chi connectivity index (χ2n) is 4.81. The summed E-state index contributed by atoms with van der Waals surface area (Å²) in [6.45, 7) is 0. The van der Waals surface area contributed by atoms with Crippen LogP contribution in [0.2, 0.25) is 0 Å². The molecule has 0 aliphatic rings. The summed E-state index contributed by atoms with van der Waals surface area (Å²) in [5, 5.41) is 4.03. The topological polar surface area (TPSA) is 69.2 Å². The number of halogens is 2. The number of carbonyl (C=O) groups excluding carboxylic acids is 1. The predicted octanol–water partition coefficient (Wildman–Crippen LogP) is 3.69. The fraction of sp³-hybridized carbons (Fsp3) is 0.176. The average molecular weight is 566 g/mol. The fourth-order valence-corrected chi connectivity index (χ4v) is 4.16. The Labute approximate surface area is 173 Å². The van der Waals surface area contributed by atoms with Crippen molar-refractivity contribution in [2.75, 3.05) is 21.3 Å². The van der Waals surface area contributed by atoms with E-state index in [1.165, 1.54) is 14.2 Å². The highest BCUT2D eigenvalue weighted by Gasteiger charge is 2.10. The molecule has 25 heavy (non-hydrogen) atoms. The Balaban J connectivity index is 2.19. The number of rotatable bonds is 6. The highest BCUT2D eigenvalue weighted by atomic mass is 127. The van der Waals surface area contributed by atoms with E-state index in [1.54, 1.807) is 31.5 Å². The van der Waals surface area contributed by atoms with Gasteiger partial charge in [0.05, 0.1) is 31.1 Å². The molecule has 8 heteroatoms. The second-order valence-corrected chi connectivity index (χ2v) is 7.22. The summed E-state index contributed by atoms with van der Waals surface area (Å²) in [4.78, 5) is 12.3. The molecule has 0 aromatic heterocycles. The molecule has 0 bridgehead atoms. The molecule has 6 nitrogen and oxygen atoms in total. The van der Waals surface area contributed by atoms with Gasteiger partial charge in [0.15, 0.2) is 0 Å². The molecular weight excluding hydrogens is 550 g/mol. The lowest BCUT2D eigenvalue weighted by molar-refractivity contribution is 0.0954. The molecule has 0 saturated heterocycles. The van der Waals surface area contributed by atoms with Gasteiger partial charge in [-0.15, -0.1) is 0 Å². The lowest BCUT2D eigenvalue weighted by atomic mass is 10.2. The van der Waals surface area contributed by atoms with E-state index in [2.05, 4.69) is 55.7 Å². The number of nitrogens with zero attached hydrogens (tertiary/aromatic N) is 1. The van der Waals surface area contributed by atoms with Gasteiger partial charge in [0.2, 0.25) is 0 Å². The summed E-state index contributed by atoms with van der Waals surface area (Å²) in [5.74, 6) is 1.40. The molecule has 0 fully saturated rings. The van der Waals surface area contributed by atoms with E-state index >= 15 is 0 Å². The van der Waals surface area contributed by atoms with Crippen LogP contribution >= 0.6 is 45.2 Å². The van der Waals surface area contributed by atoms with Crippen molar-refractivity contribution in [3.8, 4) is 17.2 Å². The zero-order chi connectivity index (χ0) is 18.4. The summed E-state index contributed by atoms with van der Waals surface area (Å²) in [7, 11) is 4.65. The number of methoxy groups -OCH3 is 3. The first-order chi connectivity index (χ1) is 12.0. The first kappa shape index (κ1) is 19.8. The van der Waals surface area contributed by atoms with E-state index in [0.29, 0.717) is 22.8 Å². The van der Waals surface area contributed by atoms with Gasteiger partial charge in [-0.3, -0.25) is 4.79 Å². The van der Waals surface area contributed by atoms with Crippen LogP contribution in [-0.2, 0) is 0 Å². The van der Waals surface area contributed by atoms with Crippen LogP contribution < -0.4 is 19.6 Å². The lowest BCUT2D eigenvalue weighted by Gasteiger charge is -2.08. The van der Waals surface area contributed by atoms with E-state index in [4.69, 9.17) is 14.2 Å². The molecule has 2 aromatic rings. The third-order valence-electron chi connectivity index (χ3n) is 3.22. The molecule has 1 N–H and O–H groups in total. The molecule has 0 unspecified atom stereocenters. The molecule has 0 saturated carbocycles. The van der Waals surface area contributed by atoms with E-state index in [9.17, 15) is 4.79 Å². The maximum Gasteiger partial charge on any atom is 0.271 e. The summed E-state index contributed by atoms with van der Waals surface area (Å²) in [6, 6.07) is 8.84. The quantitative estimate of drug-likeness (QED) is 0.330. The number of carbonyl (C=O) groups is 1. The Bertz CT molecular complexity index is 787. The van der Waals surface area contributed by atoms with Crippen molar-refractivity contribution in [2.45, 2.75) is 0 Å². The Morgan fingerprint density at radius 3 is 2.20 bits per heavy atom. The second kappa shape index (κ2) is 9.22. The van der Waals surface area contributed by atoms with Gasteiger partial charge in [-0.25, -0.2) is 5.43 Å². The van der Waals surface area contributed by atoms with E-state index in [0.717, 1.165) is 12.7 Å². The van der Waals surface area contributed by atoms with Crippen LogP contribution in [0.3, 0.4) is 0 Å². The summed E-state index contributed by atoms with van der Waals surface area (Å²) < 4.78 is 17.7. The molecule has 2 rings (SSSR count). The maximum atomic E-state index is 12.3. The third kappa shape index (κ3) is 5.21. The minimum atomic E-state index is -0.368. The van der Waals surface area contributed by atoms with Crippen molar-refractivity contribution in [3.63, 3.8) is 0 Å². The van der Waals surface area contributed by atoms with Crippen LogP contribution in [0.1, 0.15) is 15.9 Å². The number of benzene rings is 2. The number of hydrogen-bond acceptors (Lipinski definition) is 5. The zero-order valence-corrected chi connectivity index (χ0v) is 18.1. The van der Waals surface area contributed by atoms with Crippen LogP contribution in [0, 0.1) is 7.14 Å². The molecule has 0 aliphatic heterocycles. The highest BCUT2D eigenvalue weighted by Crippen LogP contribution is 2.27. The maximum absolute atomic E-state index is 12.3. The first-order valence-corrected chi connectivity index (χ1v) is 9.23. The van der Waals surface area contributed by atoms with E-state index in [-0.39, 0.29) is 5.91 Å². The number of nitrogens with one attached hydrogen (secondary N) is 1. The summed E-state index contributed by atoms with van der Waals surface area (Å²) in [6.07, 6.45) is 1.55. The van der Waals surface area contributed by atoms with Gasteiger partial charge >= 0.3 is 0 Å². The molecular formula is C17H16I2N2O4. The van der Waals surface area contributed by atoms with Crippen LogP contribution in [0.4, 0.5) is 0 Å². The Morgan fingerprint density at radius 1 is 1.00 bits per heavy atom. The fourth-order valence-electron chi connectivity index (χ4n) is 2.06. The highest BCUT2D eigenvalue weighted by molar-refractivity contribution is 14.1. The molecule has 132 valence electrons. The van der Waals surface area contributed by atoms with Crippen LogP contribution in [-0.4, -0.2) is 33.5 Å². The van der Waals surface area contributed by atoms with Gasteiger partial charge in [0.25, 0.3) is 5.91 Å². The number of hydrogen-bond donors (Lipinski definition) is 1. The molecule has 0 aliphatic carbocycles. The van der Waals surface area contributed by atoms with Crippen LogP contribution in [0.5, 0.6) is 17.2 Å². The standard InChI is InChI=1S/C17H16I2N2O4/c1-23-13-5-10(6-14(8-13)24-2)17(22)21-20-9-11-4-12(18)7-15(19)16(11)25-3/h4-9H,1-3H3,(H,21,22)/b20-9-. The Morgan fingerprint density at radius 2 is 1.64 bits per heavy atom. The molecule has 0 atom stereocenters. The molecule has 1 amide bonds. The lowest BCUT2D eigenvalue weighted by Crippen LogP contribution is -2.17. The smallest absolute Gasteiger partial charge is 0.271 e. The van der Waals surface area contributed by atoms with Crippen LogP contribution in [0.15, 0.2) is 35.4 Å². The third-order valence-corrected chi connectivity index (χ3v) is 4.65. The average Bonchev–Trinajstić information content (AvgIpc) is 2.60. The van der Waals surface area contributed by atoms with Crippen molar-refractivity contribution in [3.05, 3.63) is 48.6 Å². The number of ether oxygens (including phenoxy) is 3. The normalized spacial score (nSPS) is 10.6. The van der Waals surface area contributed by atoms with Crippen LogP contribution in [0.25, 0.3) is 0 Å². The van der Waals surface area contributed by atoms with Gasteiger partial charge in [0.1, 0.15) is 17.2 Å². The number of hydrazone groups is 1. The Kier molecular flexibility index (Phi) is 7.29. The zero-order valence-electron chi connectivity index (χ0n) is 13.8. The molecule has 0 radical (unpaired) electrons. The van der Waals surface area contributed by atoms with Crippen molar-refractivity contribution in [2.24, 2.45) is 5.10 Å². The molecule has 0 spiro atoms. The summed E-state index contributed by atoms with van der Waals surface area (Å²) in [5.41, 5.74) is 3.67. The van der Waals surface area contributed by atoms with E-state index in [1.807, 2.05) is 12.1 Å². The van der Waals surface area contributed by atoms with Gasteiger partial charge in [0, 0.05) is 20.8 Å². The van der Waals surface area contributed by atoms with Crippen molar-refractivity contribution < 1.29 is 19.0 Å². The largest absolute Gasteiger partial charge is 0.497 e.